The zero-order valence-electron chi connectivity index (χ0n) is 17.5. The van der Waals surface area contributed by atoms with Crippen molar-refractivity contribution in [1.82, 2.24) is 14.7 Å². The summed E-state index contributed by atoms with van der Waals surface area (Å²) in [6.45, 7) is 4.32. The summed E-state index contributed by atoms with van der Waals surface area (Å²) in [4.78, 5) is 31.4. The third-order valence-electron chi connectivity index (χ3n) is 5.79. The quantitative estimate of drug-likeness (QED) is 0.662. The van der Waals surface area contributed by atoms with Gasteiger partial charge in [0.05, 0.1) is 23.4 Å². The van der Waals surface area contributed by atoms with Crippen LogP contribution in [0, 0.1) is 0 Å². The van der Waals surface area contributed by atoms with Crippen molar-refractivity contribution in [2.45, 2.75) is 5.37 Å². The van der Waals surface area contributed by atoms with E-state index in [1.807, 2.05) is 46.2 Å². The average molecular weight is 460 g/mol. The molecule has 0 unspecified atom stereocenters. The van der Waals surface area contributed by atoms with E-state index in [1.165, 1.54) is 0 Å². The van der Waals surface area contributed by atoms with Gasteiger partial charge in [-0.15, -0.1) is 11.8 Å². The fourth-order valence-electron chi connectivity index (χ4n) is 4.05. The average Bonchev–Trinajstić information content (AvgIpc) is 3.18. The third kappa shape index (κ3) is 4.84. The van der Waals surface area contributed by atoms with E-state index in [0.29, 0.717) is 36.0 Å². The number of carbonyl (C=O) groups excluding carboxylic acids is 2. The molecule has 2 heterocycles. The molecule has 0 aliphatic carbocycles. The van der Waals surface area contributed by atoms with Gasteiger partial charge in [-0.25, -0.2) is 0 Å². The van der Waals surface area contributed by atoms with Crippen LogP contribution in [0.15, 0.2) is 48.5 Å². The molecule has 2 aromatic carbocycles. The molecular formula is C23H26ClN3O3S. The first-order chi connectivity index (χ1) is 15.1. The number of hydrogen-bond acceptors (Lipinski definition) is 5. The lowest BCUT2D eigenvalue weighted by atomic mass is 10.1. The molecule has 0 bridgehead atoms. The molecule has 2 aliphatic heterocycles. The van der Waals surface area contributed by atoms with Gasteiger partial charge in [-0.05, 0) is 18.2 Å². The number of amides is 2. The van der Waals surface area contributed by atoms with Crippen LogP contribution in [0.25, 0.3) is 0 Å². The van der Waals surface area contributed by atoms with Crippen LogP contribution in [0.2, 0.25) is 5.02 Å². The van der Waals surface area contributed by atoms with Crippen LogP contribution in [-0.2, 0) is 4.79 Å². The Morgan fingerprint density at radius 1 is 1.06 bits per heavy atom. The van der Waals surface area contributed by atoms with Crippen LogP contribution in [0.1, 0.15) is 21.3 Å². The first-order valence-electron chi connectivity index (χ1n) is 10.4. The molecule has 2 fully saturated rings. The Labute approximate surface area is 192 Å². The second-order valence-electron chi connectivity index (χ2n) is 7.61. The van der Waals surface area contributed by atoms with E-state index < -0.39 is 0 Å². The number of carbonyl (C=O) groups is 2. The van der Waals surface area contributed by atoms with Crippen molar-refractivity contribution in [3.05, 3.63) is 64.7 Å². The first kappa shape index (κ1) is 22.0. The summed E-state index contributed by atoms with van der Waals surface area (Å²) in [5, 5.41) is 0.467. The number of thioether (sulfide) groups is 1. The molecule has 0 saturated carbocycles. The summed E-state index contributed by atoms with van der Waals surface area (Å²) in [6, 6.07) is 15.1. The molecule has 0 spiro atoms. The predicted octanol–water partition coefficient (Wildman–Crippen LogP) is 3.38. The van der Waals surface area contributed by atoms with Crippen molar-refractivity contribution in [1.29, 1.82) is 0 Å². The standard InChI is InChI=1S/C23H26ClN3O3S/c1-30-20-9-5-3-7-18(20)23-27(21(28)16-31-23)15-12-25-10-13-26(14-11-25)22(29)17-6-2-4-8-19(17)24/h2-9,23H,10-16H2,1H3/t23-/m1/s1. The Morgan fingerprint density at radius 2 is 1.77 bits per heavy atom. The summed E-state index contributed by atoms with van der Waals surface area (Å²) < 4.78 is 5.51. The van der Waals surface area contributed by atoms with Gasteiger partial charge in [0.15, 0.2) is 0 Å². The SMILES string of the molecule is COc1ccccc1[C@H]1SCC(=O)N1CCN1CCN(C(=O)c2ccccc2Cl)CC1. The van der Waals surface area contributed by atoms with Gasteiger partial charge >= 0.3 is 0 Å². The van der Waals surface area contributed by atoms with E-state index in [0.717, 1.165) is 30.9 Å². The third-order valence-corrected chi connectivity index (χ3v) is 7.36. The fraction of sp³-hybridized carbons (Fsp3) is 0.391. The van der Waals surface area contributed by atoms with Crippen molar-refractivity contribution >= 4 is 35.2 Å². The zero-order valence-corrected chi connectivity index (χ0v) is 19.1. The molecule has 8 heteroatoms. The van der Waals surface area contributed by atoms with Crippen LogP contribution in [0.4, 0.5) is 0 Å². The van der Waals surface area contributed by atoms with Gasteiger partial charge in [-0.3, -0.25) is 14.5 Å². The fourth-order valence-corrected chi connectivity index (χ4v) is 5.51. The molecule has 0 N–H and O–H groups in total. The van der Waals surface area contributed by atoms with Crippen molar-refractivity contribution in [2.24, 2.45) is 0 Å². The first-order valence-corrected chi connectivity index (χ1v) is 11.8. The summed E-state index contributed by atoms with van der Waals surface area (Å²) in [5.41, 5.74) is 1.59. The molecule has 0 radical (unpaired) electrons. The Balaban J connectivity index is 1.33. The highest BCUT2D eigenvalue weighted by molar-refractivity contribution is 8.00. The minimum atomic E-state index is -0.0215. The largest absolute Gasteiger partial charge is 0.496 e. The van der Waals surface area contributed by atoms with Gasteiger partial charge in [-0.1, -0.05) is 41.9 Å². The second kappa shape index (κ2) is 9.94. The zero-order chi connectivity index (χ0) is 21.8. The van der Waals surface area contributed by atoms with Crippen LogP contribution in [0.3, 0.4) is 0 Å². The van der Waals surface area contributed by atoms with Gasteiger partial charge in [0, 0.05) is 44.8 Å². The maximum Gasteiger partial charge on any atom is 0.255 e. The van der Waals surface area contributed by atoms with Crippen molar-refractivity contribution in [2.75, 3.05) is 52.1 Å². The molecule has 0 aromatic heterocycles. The highest BCUT2D eigenvalue weighted by Gasteiger charge is 2.34. The number of hydrogen-bond donors (Lipinski definition) is 0. The molecular weight excluding hydrogens is 434 g/mol. The molecule has 1 atom stereocenters. The van der Waals surface area contributed by atoms with Gasteiger partial charge in [0.25, 0.3) is 5.91 Å². The Hall–Kier alpha value is -2.22. The lowest BCUT2D eigenvalue weighted by molar-refractivity contribution is -0.128. The van der Waals surface area contributed by atoms with Crippen LogP contribution < -0.4 is 4.74 Å². The van der Waals surface area contributed by atoms with Gasteiger partial charge in [0.2, 0.25) is 5.91 Å². The van der Waals surface area contributed by atoms with E-state index >= 15 is 0 Å². The minimum Gasteiger partial charge on any atom is -0.496 e. The summed E-state index contributed by atoms with van der Waals surface area (Å²) in [5.74, 6) is 1.44. The van der Waals surface area contributed by atoms with Crippen LogP contribution >= 0.6 is 23.4 Å². The number of rotatable bonds is 6. The number of piperazine rings is 1. The molecule has 2 amide bonds. The molecule has 2 aliphatic rings. The maximum atomic E-state index is 12.8. The number of methoxy groups -OCH3 is 1. The lowest BCUT2D eigenvalue weighted by Crippen LogP contribution is -2.50. The van der Waals surface area contributed by atoms with E-state index in [4.69, 9.17) is 16.3 Å². The predicted molar refractivity (Wildman–Crippen MR) is 124 cm³/mol. The molecule has 164 valence electrons. The van der Waals surface area contributed by atoms with E-state index in [-0.39, 0.29) is 17.2 Å². The molecule has 31 heavy (non-hydrogen) atoms. The number of ether oxygens (including phenoxy) is 1. The Bertz CT molecular complexity index is 949. The molecule has 2 saturated heterocycles. The highest BCUT2D eigenvalue weighted by atomic mass is 35.5. The van der Waals surface area contributed by atoms with Crippen LogP contribution in [-0.4, -0.2) is 78.6 Å². The monoisotopic (exact) mass is 459 g/mol. The summed E-state index contributed by atoms with van der Waals surface area (Å²) >= 11 is 7.83. The van der Waals surface area contributed by atoms with Gasteiger partial charge in [0.1, 0.15) is 11.1 Å². The number of benzene rings is 2. The normalized spacial score (nSPS) is 19.7. The van der Waals surface area contributed by atoms with Crippen molar-refractivity contribution < 1.29 is 14.3 Å². The maximum absolute atomic E-state index is 12.8. The molecule has 4 rings (SSSR count). The number of nitrogens with zero attached hydrogens (tertiary/aromatic N) is 3. The lowest BCUT2D eigenvalue weighted by Gasteiger charge is -2.36. The van der Waals surface area contributed by atoms with Gasteiger partial charge in [-0.2, -0.15) is 0 Å². The van der Waals surface area contributed by atoms with Gasteiger partial charge < -0.3 is 14.5 Å². The summed E-state index contributed by atoms with van der Waals surface area (Å²) in [7, 11) is 1.66. The van der Waals surface area contributed by atoms with Crippen molar-refractivity contribution in [3.8, 4) is 5.75 Å². The second-order valence-corrected chi connectivity index (χ2v) is 9.08. The smallest absolute Gasteiger partial charge is 0.255 e. The molecule has 6 nitrogen and oxygen atoms in total. The minimum absolute atomic E-state index is 0.0207. The molecule has 2 aromatic rings. The van der Waals surface area contributed by atoms with Crippen LogP contribution in [0.5, 0.6) is 5.75 Å². The highest BCUT2D eigenvalue weighted by Crippen LogP contribution is 2.42. The van der Waals surface area contributed by atoms with Crippen molar-refractivity contribution in [3.63, 3.8) is 0 Å². The number of halogens is 1. The number of para-hydroxylation sites is 1. The summed E-state index contributed by atoms with van der Waals surface area (Å²) in [6.07, 6.45) is 0. The van der Waals surface area contributed by atoms with E-state index in [1.54, 1.807) is 31.0 Å². The Morgan fingerprint density at radius 3 is 2.52 bits per heavy atom. The Kier molecular flexibility index (Phi) is 7.05. The van der Waals surface area contributed by atoms with E-state index in [9.17, 15) is 9.59 Å². The van der Waals surface area contributed by atoms with E-state index in [2.05, 4.69) is 4.90 Å². The topological polar surface area (TPSA) is 53.1 Å².